The van der Waals surface area contributed by atoms with Crippen LogP contribution in [0.3, 0.4) is 0 Å². The summed E-state index contributed by atoms with van der Waals surface area (Å²) >= 11 is 18.0. The fourth-order valence-electron chi connectivity index (χ4n) is 5.35. The highest BCUT2D eigenvalue weighted by atomic mass is 35.5. The van der Waals surface area contributed by atoms with Crippen molar-refractivity contribution >= 4 is 46.6 Å². The van der Waals surface area contributed by atoms with E-state index in [-0.39, 0.29) is 6.10 Å². The summed E-state index contributed by atoms with van der Waals surface area (Å²) in [4.78, 5) is 19.8. The van der Waals surface area contributed by atoms with Crippen molar-refractivity contribution in [2.75, 3.05) is 0 Å². The number of halogens is 2. The number of hydrogen-bond acceptors (Lipinski definition) is 4. The largest absolute Gasteiger partial charge is 0.445 e. The van der Waals surface area contributed by atoms with Crippen molar-refractivity contribution in [2.45, 2.75) is 64.6 Å². The van der Waals surface area contributed by atoms with Gasteiger partial charge in [0.2, 0.25) is 0 Å². The predicted octanol–water partition coefficient (Wildman–Crippen LogP) is 7.13. The first-order valence-corrected chi connectivity index (χ1v) is 13.0. The van der Waals surface area contributed by atoms with Crippen LogP contribution < -0.4 is 5.32 Å². The lowest BCUT2D eigenvalue weighted by atomic mass is 9.75. The third kappa shape index (κ3) is 4.91. The van der Waals surface area contributed by atoms with E-state index in [1.807, 2.05) is 37.3 Å². The number of carbonyl (C=O) groups excluding carboxylic acids is 1. The highest BCUT2D eigenvalue weighted by molar-refractivity contribution is 7.80. The molecule has 1 aliphatic carbocycles. The molecule has 0 bridgehead atoms. The van der Waals surface area contributed by atoms with E-state index in [4.69, 9.17) is 40.2 Å². The minimum atomic E-state index is -0.737. The molecule has 182 valence electrons. The van der Waals surface area contributed by atoms with Gasteiger partial charge in [-0.3, -0.25) is 4.98 Å². The zero-order chi connectivity index (χ0) is 24.6. The second-order valence-corrected chi connectivity index (χ2v) is 11.3. The summed E-state index contributed by atoms with van der Waals surface area (Å²) in [5, 5.41) is 4.85. The smallest absolute Gasteiger partial charge is 0.417 e. The topological polar surface area (TPSA) is 54.5 Å². The molecule has 1 amide bonds. The summed E-state index contributed by atoms with van der Waals surface area (Å²) in [6.07, 6.45) is 4.08. The molecule has 2 aliphatic rings. The van der Waals surface area contributed by atoms with Crippen LogP contribution in [0.5, 0.6) is 0 Å². The van der Waals surface area contributed by atoms with Crippen molar-refractivity contribution < 1.29 is 9.53 Å². The van der Waals surface area contributed by atoms with Crippen molar-refractivity contribution in [1.29, 1.82) is 0 Å². The molecule has 5 nitrogen and oxygen atoms in total. The summed E-state index contributed by atoms with van der Waals surface area (Å²) in [5.41, 5.74) is 0.866. The molecule has 1 aromatic carbocycles. The monoisotopic (exact) mass is 519 g/mol. The van der Waals surface area contributed by atoms with Crippen LogP contribution in [0.2, 0.25) is 10.0 Å². The molecule has 34 heavy (non-hydrogen) atoms. The molecule has 5 atom stereocenters. The van der Waals surface area contributed by atoms with Crippen LogP contribution in [0, 0.1) is 17.8 Å². The number of pyridine rings is 1. The number of ether oxygens (including phenoxy) is 1. The van der Waals surface area contributed by atoms with E-state index in [2.05, 4.69) is 31.1 Å². The summed E-state index contributed by atoms with van der Waals surface area (Å²) in [6, 6.07) is 10.6. The van der Waals surface area contributed by atoms with Crippen LogP contribution in [-0.2, 0) is 10.3 Å². The number of thiocarbonyl (C=S) groups is 1. The lowest BCUT2D eigenvalue weighted by Crippen LogP contribution is -2.43. The Labute approximate surface area is 217 Å². The third-order valence-corrected chi connectivity index (χ3v) is 8.05. The molecular weight excluding hydrogens is 489 g/mol. The van der Waals surface area contributed by atoms with Gasteiger partial charge in [-0.2, -0.15) is 0 Å². The highest BCUT2D eigenvalue weighted by Gasteiger charge is 2.53. The minimum absolute atomic E-state index is 0.139. The van der Waals surface area contributed by atoms with E-state index < -0.39 is 17.7 Å². The molecule has 2 fully saturated rings. The number of rotatable bonds is 4. The van der Waals surface area contributed by atoms with E-state index >= 15 is 0 Å². The number of hydrogen-bond donors (Lipinski definition) is 1. The Morgan fingerprint density at radius 3 is 2.47 bits per heavy atom. The molecule has 1 saturated heterocycles. The summed E-state index contributed by atoms with van der Waals surface area (Å²) in [6.45, 7) is 8.62. The van der Waals surface area contributed by atoms with Crippen molar-refractivity contribution in [1.82, 2.24) is 15.2 Å². The SMILES string of the molecule is CC(C)[C@@H]1CC[C@@H](C)CC1OC(=O)N1C(=S)N[C@](C)(c2ccc(Cl)cc2)[C@@H]1c1ccc(Cl)cn1. The Morgan fingerprint density at radius 1 is 1.18 bits per heavy atom. The van der Waals surface area contributed by atoms with E-state index in [0.29, 0.717) is 38.6 Å². The molecule has 2 aromatic rings. The van der Waals surface area contributed by atoms with Gasteiger partial charge in [0.15, 0.2) is 5.11 Å². The van der Waals surface area contributed by atoms with E-state index in [1.54, 1.807) is 12.3 Å². The number of benzene rings is 1. The Balaban J connectivity index is 1.71. The first-order chi connectivity index (χ1) is 16.1. The molecule has 1 unspecified atom stereocenters. The van der Waals surface area contributed by atoms with Gasteiger partial charge in [-0.1, -0.05) is 62.5 Å². The molecule has 1 aliphatic heterocycles. The van der Waals surface area contributed by atoms with E-state index in [0.717, 1.165) is 24.8 Å². The van der Waals surface area contributed by atoms with Crippen molar-refractivity contribution in [3.05, 3.63) is 63.9 Å². The first-order valence-electron chi connectivity index (χ1n) is 11.8. The zero-order valence-electron chi connectivity index (χ0n) is 19.9. The fourth-order valence-corrected chi connectivity index (χ4v) is 5.98. The summed E-state index contributed by atoms with van der Waals surface area (Å²) < 4.78 is 6.20. The highest BCUT2D eigenvalue weighted by Crippen LogP contribution is 2.45. The van der Waals surface area contributed by atoms with Crippen molar-refractivity contribution in [3.8, 4) is 0 Å². The molecule has 0 spiro atoms. The molecule has 1 saturated carbocycles. The quantitative estimate of drug-likeness (QED) is 0.435. The van der Waals surface area contributed by atoms with Gasteiger partial charge in [0.1, 0.15) is 12.1 Å². The Morgan fingerprint density at radius 2 is 1.85 bits per heavy atom. The Bertz CT molecular complexity index is 1050. The van der Waals surface area contributed by atoms with Gasteiger partial charge in [-0.25, -0.2) is 9.69 Å². The lowest BCUT2D eigenvalue weighted by molar-refractivity contribution is -0.00717. The number of carbonyl (C=O) groups is 1. The molecular formula is C26H31Cl2N3O2S. The number of aromatic nitrogens is 1. The van der Waals surface area contributed by atoms with Crippen LogP contribution in [0.25, 0.3) is 0 Å². The number of nitrogens with one attached hydrogen (secondary N) is 1. The van der Waals surface area contributed by atoms with Gasteiger partial charge in [-0.05, 0) is 79.6 Å². The van der Waals surface area contributed by atoms with Crippen molar-refractivity contribution in [3.63, 3.8) is 0 Å². The standard InChI is InChI=1S/C26H31Cl2N3O2S/c1-15(2)20-11-5-16(3)13-22(20)33-25(32)31-23(21-12-10-19(28)14-29-21)26(4,30-24(31)34)17-6-8-18(27)9-7-17/h6-10,12,14-16,20,22-23H,5,11,13H2,1-4H3,(H,30,34)/t16-,20+,22?,23+,26-/m1/s1. The molecule has 0 radical (unpaired) electrons. The number of amides is 1. The number of nitrogens with zero attached hydrogens (tertiary/aromatic N) is 2. The predicted molar refractivity (Wildman–Crippen MR) is 140 cm³/mol. The van der Waals surface area contributed by atoms with E-state index in [9.17, 15) is 4.79 Å². The second kappa shape index (κ2) is 10.00. The van der Waals surface area contributed by atoms with Gasteiger partial charge >= 0.3 is 6.09 Å². The summed E-state index contributed by atoms with van der Waals surface area (Å²) in [5.74, 6) is 1.28. The Hall–Kier alpha value is -1.89. The van der Waals surface area contributed by atoms with Crippen LogP contribution in [0.4, 0.5) is 4.79 Å². The maximum atomic E-state index is 13.7. The van der Waals surface area contributed by atoms with E-state index in [1.165, 1.54) is 4.90 Å². The molecule has 4 rings (SSSR count). The minimum Gasteiger partial charge on any atom is -0.445 e. The fraction of sp³-hybridized carbons (Fsp3) is 0.500. The average Bonchev–Trinajstić information content (AvgIpc) is 3.05. The van der Waals surface area contributed by atoms with Gasteiger partial charge in [-0.15, -0.1) is 0 Å². The maximum absolute atomic E-state index is 13.7. The third-order valence-electron chi connectivity index (χ3n) is 7.28. The van der Waals surface area contributed by atoms with Crippen LogP contribution in [-0.4, -0.2) is 27.2 Å². The van der Waals surface area contributed by atoms with Gasteiger partial charge in [0, 0.05) is 11.2 Å². The molecule has 2 heterocycles. The van der Waals surface area contributed by atoms with Gasteiger partial charge < -0.3 is 10.1 Å². The Kier molecular flexibility index (Phi) is 7.41. The molecule has 1 N–H and O–H groups in total. The van der Waals surface area contributed by atoms with Gasteiger partial charge in [0.05, 0.1) is 16.3 Å². The lowest BCUT2D eigenvalue weighted by Gasteiger charge is -2.38. The summed E-state index contributed by atoms with van der Waals surface area (Å²) in [7, 11) is 0. The molecule has 1 aromatic heterocycles. The van der Waals surface area contributed by atoms with Crippen LogP contribution >= 0.6 is 35.4 Å². The second-order valence-electron chi connectivity index (χ2n) is 10.1. The normalized spacial score (nSPS) is 29.3. The zero-order valence-corrected chi connectivity index (χ0v) is 22.3. The van der Waals surface area contributed by atoms with Gasteiger partial charge in [0.25, 0.3) is 0 Å². The molecule has 8 heteroatoms. The first kappa shape index (κ1) is 25.2. The maximum Gasteiger partial charge on any atom is 0.417 e. The van der Waals surface area contributed by atoms with Crippen LogP contribution in [0.15, 0.2) is 42.6 Å². The van der Waals surface area contributed by atoms with Crippen molar-refractivity contribution in [2.24, 2.45) is 17.8 Å². The van der Waals surface area contributed by atoms with Crippen LogP contribution in [0.1, 0.15) is 64.3 Å². The average molecular weight is 521 g/mol.